The zero-order chi connectivity index (χ0) is 10.6. The molecule has 2 N–H and O–H groups in total. The Morgan fingerprint density at radius 1 is 1.50 bits per heavy atom. The smallest absolute Gasteiger partial charge is 0.0226 e. The molecule has 3 nitrogen and oxygen atoms in total. The summed E-state index contributed by atoms with van der Waals surface area (Å²) >= 11 is 0. The number of likely N-dealkylation sites (tertiary alicyclic amines) is 1. The van der Waals surface area contributed by atoms with Crippen molar-refractivity contribution in [3.8, 4) is 0 Å². The van der Waals surface area contributed by atoms with Crippen molar-refractivity contribution < 1.29 is 0 Å². The highest BCUT2D eigenvalue weighted by molar-refractivity contribution is 4.81. The average molecular weight is 199 g/mol. The highest BCUT2D eigenvalue weighted by Crippen LogP contribution is 2.16. The maximum Gasteiger partial charge on any atom is 0.0226 e. The van der Waals surface area contributed by atoms with Crippen LogP contribution in [0.1, 0.15) is 26.7 Å². The molecule has 0 bridgehead atoms. The van der Waals surface area contributed by atoms with E-state index in [1.807, 2.05) is 0 Å². The molecular formula is C11H25N3. The summed E-state index contributed by atoms with van der Waals surface area (Å²) in [5.74, 6) is 0. The zero-order valence-corrected chi connectivity index (χ0v) is 9.87. The first-order valence-electron chi connectivity index (χ1n) is 5.79. The summed E-state index contributed by atoms with van der Waals surface area (Å²) in [7, 11) is 2.22. The summed E-state index contributed by atoms with van der Waals surface area (Å²) in [6.45, 7) is 8.81. The van der Waals surface area contributed by atoms with E-state index in [1.165, 1.54) is 25.9 Å². The van der Waals surface area contributed by atoms with Gasteiger partial charge in [0.15, 0.2) is 0 Å². The summed E-state index contributed by atoms with van der Waals surface area (Å²) in [6, 6.07) is 1.34. The molecule has 14 heavy (non-hydrogen) atoms. The fraction of sp³-hybridized carbons (Fsp3) is 1.00. The van der Waals surface area contributed by atoms with Crippen LogP contribution in [0.25, 0.3) is 0 Å². The summed E-state index contributed by atoms with van der Waals surface area (Å²) in [5.41, 5.74) is 5.65. The van der Waals surface area contributed by atoms with Crippen molar-refractivity contribution in [2.24, 2.45) is 5.73 Å². The number of nitrogens with two attached hydrogens (primary N) is 1. The SMILES string of the molecule is CC(C)N(CCN)[C@H]1CCCN(C)C1. The maximum atomic E-state index is 5.65. The molecule has 84 valence electrons. The van der Waals surface area contributed by atoms with Gasteiger partial charge in [-0.1, -0.05) is 0 Å². The lowest BCUT2D eigenvalue weighted by Crippen LogP contribution is -2.50. The minimum Gasteiger partial charge on any atom is -0.329 e. The second-order valence-corrected chi connectivity index (χ2v) is 4.68. The molecule has 1 aliphatic heterocycles. The number of hydrogen-bond donors (Lipinski definition) is 1. The molecule has 1 atom stereocenters. The second kappa shape index (κ2) is 5.69. The molecule has 1 aliphatic rings. The van der Waals surface area contributed by atoms with Crippen molar-refractivity contribution >= 4 is 0 Å². The van der Waals surface area contributed by atoms with Crippen molar-refractivity contribution in [1.82, 2.24) is 9.80 Å². The number of rotatable bonds is 4. The first-order chi connectivity index (χ1) is 6.65. The highest BCUT2D eigenvalue weighted by Gasteiger charge is 2.24. The van der Waals surface area contributed by atoms with E-state index in [-0.39, 0.29) is 0 Å². The van der Waals surface area contributed by atoms with E-state index in [2.05, 4.69) is 30.7 Å². The van der Waals surface area contributed by atoms with E-state index >= 15 is 0 Å². The summed E-state index contributed by atoms with van der Waals surface area (Å²) in [4.78, 5) is 4.98. The molecule has 3 heteroatoms. The van der Waals surface area contributed by atoms with Gasteiger partial charge in [-0.05, 0) is 40.3 Å². The molecule has 0 amide bonds. The van der Waals surface area contributed by atoms with Gasteiger partial charge in [-0.3, -0.25) is 4.90 Å². The largest absolute Gasteiger partial charge is 0.329 e. The Kier molecular flexibility index (Phi) is 4.85. The zero-order valence-electron chi connectivity index (χ0n) is 9.87. The minimum absolute atomic E-state index is 0.620. The van der Waals surface area contributed by atoms with Gasteiger partial charge >= 0.3 is 0 Å². The predicted octanol–water partition coefficient (Wildman–Crippen LogP) is 0.750. The van der Waals surface area contributed by atoms with Crippen LogP contribution >= 0.6 is 0 Å². The molecule has 0 aromatic carbocycles. The van der Waals surface area contributed by atoms with Crippen LogP contribution in [0, 0.1) is 0 Å². The molecule has 1 rings (SSSR count). The Bertz CT molecular complexity index is 159. The van der Waals surface area contributed by atoms with E-state index < -0.39 is 0 Å². The molecule has 1 saturated heterocycles. The van der Waals surface area contributed by atoms with Gasteiger partial charge in [-0.2, -0.15) is 0 Å². The molecule has 1 heterocycles. The topological polar surface area (TPSA) is 32.5 Å². The summed E-state index contributed by atoms with van der Waals surface area (Å²) < 4.78 is 0. The third-order valence-electron chi connectivity index (χ3n) is 3.12. The lowest BCUT2D eigenvalue weighted by atomic mass is 10.0. The average Bonchev–Trinajstić information content (AvgIpc) is 2.13. The van der Waals surface area contributed by atoms with E-state index in [9.17, 15) is 0 Å². The fourth-order valence-electron chi connectivity index (χ4n) is 2.42. The van der Waals surface area contributed by atoms with Crippen molar-refractivity contribution in [2.75, 3.05) is 33.2 Å². The summed E-state index contributed by atoms with van der Waals surface area (Å²) in [5, 5.41) is 0. The Balaban J connectivity index is 2.48. The van der Waals surface area contributed by atoms with Crippen LogP contribution in [0.15, 0.2) is 0 Å². The van der Waals surface area contributed by atoms with Gasteiger partial charge in [0.1, 0.15) is 0 Å². The first-order valence-corrected chi connectivity index (χ1v) is 5.79. The van der Waals surface area contributed by atoms with Gasteiger partial charge in [-0.25, -0.2) is 0 Å². The van der Waals surface area contributed by atoms with Crippen LogP contribution in [-0.4, -0.2) is 55.1 Å². The highest BCUT2D eigenvalue weighted by atomic mass is 15.2. The molecule has 1 fully saturated rings. The van der Waals surface area contributed by atoms with Crippen LogP contribution < -0.4 is 5.73 Å². The predicted molar refractivity (Wildman–Crippen MR) is 61.4 cm³/mol. The molecular weight excluding hydrogens is 174 g/mol. The molecule has 0 unspecified atom stereocenters. The van der Waals surface area contributed by atoms with Crippen LogP contribution in [0.5, 0.6) is 0 Å². The lowest BCUT2D eigenvalue weighted by molar-refractivity contribution is 0.0892. The number of likely N-dealkylation sites (N-methyl/N-ethyl adjacent to an activating group) is 1. The van der Waals surface area contributed by atoms with E-state index in [4.69, 9.17) is 5.73 Å². The first kappa shape index (κ1) is 12.0. The van der Waals surface area contributed by atoms with Gasteiger partial charge in [0.05, 0.1) is 0 Å². The summed E-state index contributed by atoms with van der Waals surface area (Å²) in [6.07, 6.45) is 2.66. The third-order valence-corrected chi connectivity index (χ3v) is 3.12. The van der Waals surface area contributed by atoms with Crippen LogP contribution in [-0.2, 0) is 0 Å². The molecule has 0 aliphatic carbocycles. The Morgan fingerprint density at radius 2 is 2.21 bits per heavy atom. The van der Waals surface area contributed by atoms with Crippen LogP contribution in [0.3, 0.4) is 0 Å². The maximum absolute atomic E-state index is 5.65. The number of hydrogen-bond acceptors (Lipinski definition) is 3. The van der Waals surface area contributed by atoms with E-state index in [0.717, 1.165) is 19.1 Å². The molecule has 0 aromatic heterocycles. The normalized spacial score (nSPS) is 24.9. The van der Waals surface area contributed by atoms with Gasteiger partial charge in [0.2, 0.25) is 0 Å². The Labute approximate surface area is 88.2 Å². The van der Waals surface area contributed by atoms with Crippen molar-refractivity contribution in [3.63, 3.8) is 0 Å². The van der Waals surface area contributed by atoms with Gasteiger partial charge in [0.25, 0.3) is 0 Å². The number of piperidine rings is 1. The van der Waals surface area contributed by atoms with Gasteiger partial charge < -0.3 is 10.6 Å². The van der Waals surface area contributed by atoms with Crippen LogP contribution in [0.2, 0.25) is 0 Å². The second-order valence-electron chi connectivity index (χ2n) is 4.68. The van der Waals surface area contributed by atoms with Crippen molar-refractivity contribution in [2.45, 2.75) is 38.8 Å². The standard InChI is InChI=1S/C11H25N3/c1-10(2)14(8-6-12)11-5-4-7-13(3)9-11/h10-11H,4-9,12H2,1-3H3/t11-/m0/s1. The monoisotopic (exact) mass is 199 g/mol. The molecule has 0 saturated carbocycles. The number of nitrogens with zero attached hydrogens (tertiary/aromatic N) is 2. The molecule has 0 radical (unpaired) electrons. The fourth-order valence-corrected chi connectivity index (χ4v) is 2.42. The van der Waals surface area contributed by atoms with Crippen LogP contribution in [0.4, 0.5) is 0 Å². The Morgan fingerprint density at radius 3 is 2.71 bits per heavy atom. The van der Waals surface area contributed by atoms with E-state index in [0.29, 0.717) is 6.04 Å². The van der Waals surface area contributed by atoms with Gasteiger partial charge in [-0.15, -0.1) is 0 Å². The lowest BCUT2D eigenvalue weighted by Gasteiger charge is -2.40. The Hall–Kier alpha value is -0.120. The molecule has 0 spiro atoms. The van der Waals surface area contributed by atoms with Gasteiger partial charge in [0, 0.05) is 31.7 Å². The minimum atomic E-state index is 0.620. The van der Waals surface area contributed by atoms with E-state index in [1.54, 1.807) is 0 Å². The molecule has 0 aromatic rings. The van der Waals surface area contributed by atoms with Crippen molar-refractivity contribution in [1.29, 1.82) is 0 Å². The quantitative estimate of drug-likeness (QED) is 0.725. The third kappa shape index (κ3) is 3.23. The van der Waals surface area contributed by atoms with Crippen molar-refractivity contribution in [3.05, 3.63) is 0 Å².